The second-order valence-electron chi connectivity index (χ2n) is 3.12. The Labute approximate surface area is 89.3 Å². The molecule has 0 radical (unpaired) electrons. The number of nitrogens with one attached hydrogen (secondary N) is 1. The van der Waals surface area contributed by atoms with Crippen molar-refractivity contribution in [2.75, 3.05) is 6.54 Å². The van der Waals surface area contributed by atoms with Gasteiger partial charge < -0.3 is 5.32 Å². The summed E-state index contributed by atoms with van der Waals surface area (Å²) in [7, 11) is 0. The van der Waals surface area contributed by atoms with Crippen LogP contribution in [-0.4, -0.2) is 11.9 Å². The van der Waals surface area contributed by atoms with Gasteiger partial charge in [0, 0.05) is 6.54 Å². The average Bonchev–Trinajstić information content (AvgIpc) is 2.18. The first-order chi connectivity index (χ1) is 6.72. The fourth-order valence-corrected chi connectivity index (χ4v) is 1.34. The smallest absolute Gasteiger partial charge is 0.313 e. The largest absolute Gasteiger partial charge is 0.342 e. The highest BCUT2D eigenvalue weighted by atomic mass is 35.5. The first-order valence-corrected chi connectivity index (χ1v) is 5.11. The Morgan fingerprint density at radius 1 is 1.29 bits per heavy atom. The predicted octanol–water partition coefficient (Wildman–Crippen LogP) is 2.74. The molecule has 0 spiro atoms. The van der Waals surface area contributed by atoms with Crippen molar-refractivity contribution in [3.05, 3.63) is 35.4 Å². The fraction of sp³-hybridized carbons (Fsp3) is 0.364. The number of carbonyl (C=O) groups excluding carboxylic acids is 1. The molecule has 0 aliphatic carbocycles. The van der Waals surface area contributed by atoms with E-state index in [1.165, 1.54) is 11.1 Å². The molecule has 0 fully saturated rings. The van der Waals surface area contributed by atoms with Gasteiger partial charge in [0.25, 0.3) is 0 Å². The number of halogens is 1. The van der Waals surface area contributed by atoms with E-state index in [9.17, 15) is 4.79 Å². The molecule has 1 aromatic carbocycles. The molecule has 0 saturated carbocycles. The zero-order valence-corrected chi connectivity index (χ0v) is 8.97. The molecule has 0 saturated heterocycles. The minimum absolute atomic E-state index is 0.491. The summed E-state index contributed by atoms with van der Waals surface area (Å²) in [5.74, 6) is 0. The van der Waals surface area contributed by atoms with E-state index in [1.54, 1.807) is 0 Å². The predicted molar refractivity (Wildman–Crippen MR) is 58.8 cm³/mol. The molecule has 1 rings (SSSR count). The fourth-order valence-electron chi connectivity index (χ4n) is 1.25. The van der Waals surface area contributed by atoms with E-state index in [2.05, 4.69) is 36.5 Å². The topological polar surface area (TPSA) is 29.1 Å². The molecule has 0 aliphatic heterocycles. The number of carbonyl (C=O) groups is 1. The Bertz CT molecular complexity index is 295. The van der Waals surface area contributed by atoms with Gasteiger partial charge in [-0.15, -0.1) is 0 Å². The van der Waals surface area contributed by atoms with Crippen LogP contribution in [0.3, 0.4) is 0 Å². The van der Waals surface area contributed by atoms with Crippen molar-refractivity contribution in [2.24, 2.45) is 0 Å². The zero-order chi connectivity index (χ0) is 10.4. The van der Waals surface area contributed by atoms with Crippen LogP contribution in [0, 0.1) is 0 Å². The van der Waals surface area contributed by atoms with E-state index in [0.29, 0.717) is 6.54 Å². The molecule has 0 atom stereocenters. The van der Waals surface area contributed by atoms with Gasteiger partial charge in [-0.3, -0.25) is 4.79 Å². The Hall–Kier alpha value is -1.02. The maximum absolute atomic E-state index is 10.4. The van der Waals surface area contributed by atoms with Crippen LogP contribution >= 0.6 is 11.6 Å². The summed E-state index contributed by atoms with van der Waals surface area (Å²) in [6.45, 7) is 2.72. The van der Waals surface area contributed by atoms with Crippen LogP contribution in [0.5, 0.6) is 0 Å². The van der Waals surface area contributed by atoms with E-state index >= 15 is 0 Å². The normalized spacial score (nSPS) is 9.86. The molecule has 0 unspecified atom stereocenters. The Kier molecular flexibility index (Phi) is 4.47. The number of hydrogen-bond donors (Lipinski definition) is 1. The SMILES string of the molecule is CCc1ccc(CCNC(=O)Cl)cc1. The van der Waals surface area contributed by atoms with Crippen LogP contribution < -0.4 is 5.32 Å². The second-order valence-corrected chi connectivity index (χ2v) is 3.46. The molecule has 1 N–H and O–H groups in total. The molecule has 0 bridgehead atoms. The second kappa shape index (κ2) is 5.66. The van der Waals surface area contributed by atoms with Crippen molar-refractivity contribution < 1.29 is 4.79 Å². The van der Waals surface area contributed by atoms with Crippen molar-refractivity contribution in [3.63, 3.8) is 0 Å². The summed E-state index contributed by atoms with van der Waals surface area (Å²) in [6, 6.07) is 8.38. The number of hydrogen-bond acceptors (Lipinski definition) is 1. The molecule has 1 aromatic rings. The summed E-state index contributed by atoms with van der Waals surface area (Å²) >= 11 is 5.14. The van der Waals surface area contributed by atoms with E-state index in [0.717, 1.165) is 12.8 Å². The van der Waals surface area contributed by atoms with Crippen molar-refractivity contribution in [3.8, 4) is 0 Å². The molecular formula is C11H14ClNO. The van der Waals surface area contributed by atoms with E-state index in [4.69, 9.17) is 11.6 Å². The summed E-state index contributed by atoms with van der Waals surface area (Å²) in [6.07, 6.45) is 1.88. The summed E-state index contributed by atoms with van der Waals surface area (Å²) in [4.78, 5) is 10.4. The zero-order valence-electron chi connectivity index (χ0n) is 8.22. The number of amides is 1. The highest BCUT2D eigenvalue weighted by Gasteiger charge is 1.95. The third-order valence-corrected chi connectivity index (χ3v) is 2.24. The summed E-state index contributed by atoms with van der Waals surface area (Å²) in [5, 5.41) is 2.06. The van der Waals surface area contributed by atoms with Gasteiger partial charge in [-0.2, -0.15) is 0 Å². The van der Waals surface area contributed by atoms with Gasteiger partial charge in [0.1, 0.15) is 0 Å². The molecule has 0 aliphatic rings. The van der Waals surface area contributed by atoms with Crippen molar-refractivity contribution in [1.82, 2.24) is 5.32 Å². The number of aryl methyl sites for hydroxylation is 1. The van der Waals surface area contributed by atoms with Crippen LogP contribution in [0.15, 0.2) is 24.3 Å². The van der Waals surface area contributed by atoms with Gasteiger partial charge in [0.05, 0.1) is 0 Å². The van der Waals surface area contributed by atoms with Crippen LogP contribution in [0.25, 0.3) is 0 Å². The van der Waals surface area contributed by atoms with Gasteiger partial charge in [-0.1, -0.05) is 31.2 Å². The van der Waals surface area contributed by atoms with Crippen molar-refractivity contribution >= 4 is 17.0 Å². The maximum atomic E-state index is 10.4. The lowest BCUT2D eigenvalue weighted by Gasteiger charge is -2.02. The lowest BCUT2D eigenvalue weighted by molar-refractivity contribution is 0.260. The minimum Gasteiger partial charge on any atom is -0.342 e. The summed E-state index contributed by atoms with van der Waals surface area (Å²) in [5.41, 5.74) is 2.54. The highest BCUT2D eigenvalue weighted by molar-refractivity contribution is 6.62. The lowest BCUT2D eigenvalue weighted by Crippen LogP contribution is -2.19. The van der Waals surface area contributed by atoms with Gasteiger partial charge in [-0.05, 0) is 35.6 Å². The maximum Gasteiger partial charge on any atom is 0.313 e. The molecule has 1 amide bonds. The molecular weight excluding hydrogens is 198 g/mol. The Balaban J connectivity index is 2.40. The molecule has 14 heavy (non-hydrogen) atoms. The average molecular weight is 212 g/mol. The molecule has 0 heterocycles. The Morgan fingerprint density at radius 2 is 1.86 bits per heavy atom. The van der Waals surface area contributed by atoms with E-state index in [1.807, 2.05) is 0 Å². The number of rotatable bonds is 4. The molecule has 76 valence electrons. The van der Waals surface area contributed by atoms with Crippen LogP contribution in [-0.2, 0) is 12.8 Å². The van der Waals surface area contributed by atoms with Crippen molar-refractivity contribution in [1.29, 1.82) is 0 Å². The highest BCUT2D eigenvalue weighted by Crippen LogP contribution is 2.05. The van der Waals surface area contributed by atoms with Crippen LogP contribution in [0.4, 0.5) is 4.79 Å². The quantitative estimate of drug-likeness (QED) is 0.602. The molecule has 2 nitrogen and oxygen atoms in total. The first kappa shape index (κ1) is 11.1. The van der Waals surface area contributed by atoms with E-state index in [-0.39, 0.29) is 0 Å². The number of benzene rings is 1. The Morgan fingerprint density at radius 3 is 2.36 bits per heavy atom. The standard InChI is InChI=1S/C11H14ClNO/c1-2-9-3-5-10(6-4-9)7-8-13-11(12)14/h3-6H,2,7-8H2,1H3,(H,13,14). The van der Waals surface area contributed by atoms with Gasteiger partial charge in [-0.25, -0.2) is 0 Å². The van der Waals surface area contributed by atoms with E-state index < -0.39 is 5.37 Å². The van der Waals surface area contributed by atoms with Gasteiger partial charge in [0.2, 0.25) is 0 Å². The third kappa shape index (κ3) is 3.79. The van der Waals surface area contributed by atoms with Gasteiger partial charge >= 0.3 is 5.37 Å². The first-order valence-electron chi connectivity index (χ1n) is 4.73. The van der Waals surface area contributed by atoms with Crippen LogP contribution in [0.2, 0.25) is 0 Å². The molecule has 0 aromatic heterocycles. The minimum atomic E-state index is -0.491. The van der Waals surface area contributed by atoms with Crippen molar-refractivity contribution in [2.45, 2.75) is 19.8 Å². The molecule has 3 heteroatoms. The third-order valence-electron chi connectivity index (χ3n) is 2.11. The summed E-state index contributed by atoms with van der Waals surface area (Å²) < 4.78 is 0. The van der Waals surface area contributed by atoms with Crippen LogP contribution in [0.1, 0.15) is 18.1 Å². The van der Waals surface area contributed by atoms with Gasteiger partial charge in [0.15, 0.2) is 0 Å². The lowest BCUT2D eigenvalue weighted by atomic mass is 10.1. The monoisotopic (exact) mass is 211 g/mol.